The average molecular weight is 305 g/mol. The SMILES string of the molecule is COC(=O)c1cc(C(F)(C(F)(F)F)C(F)(F)F)ccn1. The molecule has 0 atom stereocenters. The maximum atomic E-state index is 13.7. The first-order valence-corrected chi connectivity index (χ1v) is 4.82. The molecule has 0 aliphatic carbocycles. The van der Waals surface area contributed by atoms with Crippen LogP contribution in [0, 0.1) is 0 Å². The maximum Gasteiger partial charge on any atom is 0.435 e. The van der Waals surface area contributed by atoms with Gasteiger partial charge < -0.3 is 4.74 Å². The lowest BCUT2D eigenvalue weighted by atomic mass is 9.94. The molecule has 0 saturated carbocycles. The summed E-state index contributed by atoms with van der Waals surface area (Å²) in [7, 11) is 0.840. The maximum absolute atomic E-state index is 13.7. The summed E-state index contributed by atoms with van der Waals surface area (Å²) in [5.74, 6) is -1.29. The van der Waals surface area contributed by atoms with Crippen LogP contribution in [-0.4, -0.2) is 30.4 Å². The average Bonchev–Trinajstić information content (AvgIpc) is 2.34. The molecular formula is C10H6F7NO2. The van der Waals surface area contributed by atoms with Crippen molar-refractivity contribution in [3.63, 3.8) is 0 Å². The Kier molecular flexibility index (Phi) is 3.97. The van der Waals surface area contributed by atoms with Gasteiger partial charge >= 0.3 is 24.0 Å². The summed E-state index contributed by atoms with van der Waals surface area (Å²) < 4.78 is 92.6. The fourth-order valence-electron chi connectivity index (χ4n) is 1.35. The number of carbonyl (C=O) groups excluding carboxylic acids is 1. The van der Waals surface area contributed by atoms with Crippen LogP contribution in [0.2, 0.25) is 0 Å². The molecule has 0 spiro atoms. The minimum Gasteiger partial charge on any atom is -0.464 e. The molecule has 0 fully saturated rings. The highest BCUT2D eigenvalue weighted by molar-refractivity contribution is 5.87. The third-order valence-electron chi connectivity index (χ3n) is 2.33. The summed E-state index contributed by atoms with van der Waals surface area (Å²) in [6.45, 7) is 0. The van der Waals surface area contributed by atoms with Crippen molar-refractivity contribution in [2.45, 2.75) is 18.0 Å². The van der Waals surface area contributed by atoms with Crippen LogP contribution in [0.15, 0.2) is 18.3 Å². The fraction of sp³-hybridized carbons (Fsp3) is 0.400. The van der Waals surface area contributed by atoms with E-state index in [9.17, 15) is 35.5 Å². The number of hydrogen-bond acceptors (Lipinski definition) is 3. The predicted molar refractivity (Wildman–Crippen MR) is 50.5 cm³/mol. The van der Waals surface area contributed by atoms with Gasteiger partial charge in [0.1, 0.15) is 5.69 Å². The fourth-order valence-corrected chi connectivity index (χ4v) is 1.35. The topological polar surface area (TPSA) is 39.2 Å². The second kappa shape index (κ2) is 4.91. The summed E-state index contributed by atoms with van der Waals surface area (Å²) in [5, 5.41) is 0. The highest BCUT2D eigenvalue weighted by atomic mass is 19.4. The first-order valence-electron chi connectivity index (χ1n) is 4.82. The summed E-state index contributed by atoms with van der Waals surface area (Å²) >= 11 is 0. The third-order valence-corrected chi connectivity index (χ3v) is 2.33. The largest absolute Gasteiger partial charge is 0.464 e. The van der Waals surface area contributed by atoms with Gasteiger partial charge in [-0.15, -0.1) is 0 Å². The molecule has 1 rings (SSSR count). The van der Waals surface area contributed by atoms with E-state index in [4.69, 9.17) is 0 Å². The summed E-state index contributed by atoms with van der Waals surface area (Å²) in [6.07, 6.45) is -12.0. The number of carbonyl (C=O) groups is 1. The lowest BCUT2D eigenvalue weighted by Gasteiger charge is -2.30. The van der Waals surface area contributed by atoms with Gasteiger partial charge in [0.2, 0.25) is 0 Å². The molecule has 3 nitrogen and oxygen atoms in total. The molecule has 1 aromatic heterocycles. The Hall–Kier alpha value is -1.87. The Bertz CT molecular complexity index is 495. The van der Waals surface area contributed by atoms with E-state index in [2.05, 4.69) is 9.72 Å². The molecule has 0 aromatic carbocycles. The Balaban J connectivity index is 3.49. The minimum atomic E-state index is -6.25. The molecule has 1 aromatic rings. The quantitative estimate of drug-likeness (QED) is 0.622. The number of methoxy groups -OCH3 is 1. The molecule has 0 unspecified atom stereocenters. The Morgan fingerprint density at radius 3 is 2.00 bits per heavy atom. The summed E-state index contributed by atoms with van der Waals surface area (Å²) in [5.41, 5.74) is -8.28. The zero-order valence-electron chi connectivity index (χ0n) is 9.64. The summed E-state index contributed by atoms with van der Waals surface area (Å²) in [4.78, 5) is 14.2. The van der Waals surface area contributed by atoms with Gasteiger partial charge in [-0.1, -0.05) is 0 Å². The number of ether oxygens (including phenoxy) is 1. The second-order valence-electron chi connectivity index (χ2n) is 3.58. The van der Waals surface area contributed by atoms with Gasteiger partial charge in [0, 0.05) is 11.8 Å². The molecule has 10 heteroatoms. The molecular weight excluding hydrogens is 299 g/mol. The normalized spacial score (nSPS) is 13.2. The van der Waals surface area contributed by atoms with Gasteiger partial charge in [0.05, 0.1) is 7.11 Å². The standard InChI is InChI=1S/C10H6F7NO2/c1-20-7(19)6-4-5(2-3-18-6)8(11,9(12,13)14)10(15,16)17/h2-4H,1H3. The first-order chi connectivity index (χ1) is 8.95. The first kappa shape index (κ1) is 16.2. The van der Waals surface area contributed by atoms with E-state index in [-0.39, 0.29) is 12.1 Å². The lowest BCUT2D eigenvalue weighted by Crippen LogP contribution is -2.50. The number of esters is 1. The smallest absolute Gasteiger partial charge is 0.435 e. The molecule has 112 valence electrons. The van der Waals surface area contributed by atoms with Crippen molar-refractivity contribution in [1.29, 1.82) is 0 Å². The van der Waals surface area contributed by atoms with Crippen LogP contribution in [0.5, 0.6) is 0 Å². The van der Waals surface area contributed by atoms with Crippen molar-refractivity contribution >= 4 is 5.97 Å². The zero-order valence-corrected chi connectivity index (χ0v) is 9.64. The van der Waals surface area contributed by atoms with Crippen LogP contribution < -0.4 is 0 Å². The van der Waals surface area contributed by atoms with E-state index < -0.39 is 35.2 Å². The lowest BCUT2D eigenvalue weighted by molar-refractivity contribution is -0.348. The van der Waals surface area contributed by atoms with E-state index in [0.717, 1.165) is 7.11 Å². The van der Waals surface area contributed by atoms with Crippen molar-refractivity contribution < 1.29 is 40.3 Å². The number of aromatic nitrogens is 1. The molecule has 0 aliphatic rings. The number of halogens is 7. The van der Waals surface area contributed by atoms with Crippen LogP contribution in [-0.2, 0) is 10.4 Å². The van der Waals surface area contributed by atoms with E-state index in [0.29, 0.717) is 6.20 Å². The van der Waals surface area contributed by atoms with E-state index >= 15 is 0 Å². The molecule has 1 heterocycles. The third kappa shape index (κ3) is 2.54. The Morgan fingerprint density at radius 2 is 1.60 bits per heavy atom. The van der Waals surface area contributed by atoms with E-state index in [1.165, 1.54) is 0 Å². The van der Waals surface area contributed by atoms with Gasteiger partial charge in [-0.05, 0) is 12.1 Å². The Labute approximate surface area is 107 Å². The van der Waals surface area contributed by atoms with E-state index in [1.807, 2.05) is 0 Å². The van der Waals surface area contributed by atoms with Crippen molar-refractivity contribution in [3.05, 3.63) is 29.6 Å². The zero-order chi connectivity index (χ0) is 15.8. The van der Waals surface area contributed by atoms with Crippen molar-refractivity contribution in [1.82, 2.24) is 4.98 Å². The van der Waals surface area contributed by atoms with E-state index in [1.54, 1.807) is 0 Å². The van der Waals surface area contributed by atoms with Crippen molar-refractivity contribution in [3.8, 4) is 0 Å². The molecule has 0 amide bonds. The number of nitrogens with zero attached hydrogens (tertiary/aromatic N) is 1. The number of hydrogen-bond donors (Lipinski definition) is 0. The van der Waals surface area contributed by atoms with Gasteiger partial charge in [-0.3, -0.25) is 0 Å². The summed E-state index contributed by atoms with van der Waals surface area (Å²) in [6, 6.07) is 0.236. The van der Waals surface area contributed by atoms with Crippen LogP contribution in [0.25, 0.3) is 0 Å². The van der Waals surface area contributed by atoms with Crippen LogP contribution in [0.4, 0.5) is 30.7 Å². The monoisotopic (exact) mass is 305 g/mol. The van der Waals surface area contributed by atoms with Gasteiger partial charge in [0.15, 0.2) is 0 Å². The van der Waals surface area contributed by atoms with Gasteiger partial charge in [-0.2, -0.15) is 26.3 Å². The molecule has 0 saturated heterocycles. The number of rotatable bonds is 2. The van der Waals surface area contributed by atoms with Crippen LogP contribution in [0.1, 0.15) is 16.1 Å². The van der Waals surface area contributed by atoms with Gasteiger partial charge in [-0.25, -0.2) is 14.2 Å². The highest BCUT2D eigenvalue weighted by Gasteiger charge is 2.73. The molecule has 0 bridgehead atoms. The number of alkyl halides is 7. The predicted octanol–water partition coefficient (Wildman–Crippen LogP) is 3.16. The van der Waals surface area contributed by atoms with Crippen LogP contribution in [0.3, 0.4) is 0 Å². The van der Waals surface area contributed by atoms with Crippen molar-refractivity contribution in [2.24, 2.45) is 0 Å². The van der Waals surface area contributed by atoms with Gasteiger partial charge in [0.25, 0.3) is 0 Å². The molecule has 0 radical (unpaired) electrons. The van der Waals surface area contributed by atoms with Crippen molar-refractivity contribution in [2.75, 3.05) is 7.11 Å². The Morgan fingerprint density at radius 1 is 1.10 bits per heavy atom. The highest BCUT2D eigenvalue weighted by Crippen LogP contribution is 2.53. The number of pyridine rings is 1. The molecule has 0 N–H and O–H groups in total. The second-order valence-corrected chi connectivity index (χ2v) is 3.58. The van der Waals surface area contributed by atoms with Crippen LogP contribution >= 0.6 is 0 Å². The minimum absolute atomic E-state index is 0.0484. The molecule has 0 aliphatic heterocycles. The molecule has 20 heavy (non-hydrogen) atoms.